The molecular formula is C21H41O7P. The van der Waals surface area contributed by atoms with Gasteiger partial charge in [0.25, 0.3) is 0 Å². The van der Waals surface area contributed by atoms with Gasteiger partial charge >= 0.3 is 13.8 Å². The number of esters is 1. The van der Waals surface area contributed by atoms with Crippen molar-refractivity contribution >= 4 is 13.8 Å². The highest BCUT2D eigenvalue weighted by Crippen LogP contribution is 2.35. The maximum Gasteiger partial charge on any atom is 0.469 e. The first kappa shape index (κ1) is 28.3. The van der Waals surface area contributed by atoms with E-state index in [0.29, 0.717) is 6.42 Å². The van der Waals surface area contributed by atoms with Crippen molar-refractivity contribution in [3.63, 3.8) is 0 Å². The fourth-order valence-electron chi connectivity index (χ4n) is 2.89. The number of hydrogen-bond donors (Lipinski definition) is 3. The first-order chi connectivity index (χ1) is 13.9. The van der Waals surface area contributed by atoms with Gasteiger partial charge in [0.15, 0.2) is 0 Å². The van der Waals surface area contributed by atoms with Crippen LogP contribution in [0.4, 0.5) is 0 Å². The number of aliphatic hydroxyl groups excluding tert-OH is 1. The van der Waals surface area contributed by atoms with E-state index in [9.17, 15) is 9.36 Å². The molecule has 0 spiro atoms. The van der Waals surface area contributed by atoms with Gasteiger partial charge in [0.05, 0.1) is 13.2 Å². The number of carbonyl (C=O) groups excluding carboxylic acids is 1. The predicted octanol–water partition coefficient (Wildman–Crippen LogP) is 5.04. The zero-order chi connectivity index (χ0) is 21.8. The normalized spacial score (nSPS) is 13.1. The molecule has 0 unspecified atom stereocenters. The van der Waals surface area contributed by atoms with E-state index in [4.69, 9.17) is 19.6 Å². The Labute approximate surface area is 176 Å². The van der Waals surface area contributed by atoms with Crippen LogP contribution in [-0.2, 0) is 18.6 Å². The van der Waals surface area contributed by atoms with E-state index in [2.05, 4.69) is 23.6 Å². The molecule has 29 heavy (non-hydrogen) atoms. The highest BCUT2D eigenvalue weighted by molar-refractivity contribution is 7.46. The number of aliphatic hydroxyl groups is 1. The van der Waals surface area contributed by atoms with Crippen LogP contribution in [0, 0.1) is 0 Å². The molecule has 0 saturated carbocycles. The summed E-state index contributed by atoms with van der Waals surface area (Å²) in [6.45, 7) is 1.17. The number of phosphoric acid groups is 1. The minimum Gasteiger partial charge on any atom is -0.457 e. The monoisotopic (exact) mass is 436 g/mol. The molecule has 0 aliphatic heterocycles. The zero-order valence-corrected chi connectivity index (χ0v) is 18.9. The van der Waals surface area contributed by atoms with Gasteiger partial charge in [-0.05, 0) is 32.1 Å². The second-order valence-electron chi connectivity index (χ2n) is 7.42. The van der Waals surface area contributed by atoms with Crippen molar-refractivity contribution in [2.24, 2.45) is 0 Å². The van der Waals surface area contributed by atoms with Gasteiger partial charge in [-0.2, -0.15) is 0 Å². The Morgan fingerprint density at radius 1 is 0.897 bits per heavy atom. The summed E-state index contributed by atoms with van der Waals surface area (Å²) >= 11 is 0. The molecule has 0 aliphatic rings. The SMILES string of the molecule is CCCCCCCCC=CCCCCCCCC(=O)O[C@H](CO)COP(=O)(O)O. The highest BCUT2D eigenvalue weighted by atomic mass is 31.2. The van der Waals surface area contributed by atoms with E-state index >= 15 is 0 Å². The molecule has 0 saturated heterocycles. The fourth-order valence-corrected chi connectivity index (χ4v) is 3.25. The third-order valence-corrected chi connectivity index (χ3v) is 5.06. The van der Waals surface area contributed by atoms with E-state index in [1.807, 2.05) is 0 Å². The lowest BCUT2D eigenvalue weighted by Crippen LogP contribution is -2.26. The van der Waals surface area contributed by atoms with E-state index in [0.717, 1.165) is 32.1 Å². The van der Waals surface area contributed by atoms with Gasteiger partial charge in [-0.1, -0.05) is 70.4 Å². The van der Waals surface area contributed by atoms with E-state index in [-0.39, 0.29) is 6.42 Å². The van der Waals surface area contributed by atoms with E-state index in [1.165, 1.54) is 44.9 Å². The van der Waals surface area contributed by atoms with Crippen LogP contribution in [0.15, 0.2) is 12.2 Å². The van der Waals surface area contributed by atoms with Gasteiger partial charge in [-0.15, -0.1) is 0 Å². The lowest BCUT2D eigenvalue weighted by molar-refractivity contribution is -0.153. The Bertz CT molecular complexity index is 462. The molecule has 172 valence electrons. The topological polar surface area (TPSA) is 113 Å². The summed E-state index contributed by atoms with van der Waals surface area (Å²) in [4.78, 5) is 28.9. The summed E-state index contributed by atoms with van der Waals surface area (Å²) in [5.74, 6) is -0.490. The minimum absolute atomic E-state index is 0.227. The molecule has 0 aromatic heterocycles. The van der Waals surface area contributed by atoms with Gasteiger partial charge in [0.2, 0.25) is 0 Å². The van der Waals surface area contributed by atoms with Crippen LogP contribution in [0.3, 0.4) is 0 Å². The van der Waals surface area contributed by atoms with Gasteiger partial charge in [-0.3, -0.25) is 9.32 Å². The van der Waals surface area contributed by atoms with Crippen LogP contribution >= 0.6 is 7.82 Å². The molecule has 0 aromatic carbocycles. The van der Waals surface area contributed by atoms with E-state index < -0.39 is 33.1 Å². The molecule has 0 bridgehead atoms. The van der Waals surface area contributed by atoms with Gasteiger partial charge < -0.3 is 19.6 Å². The number of phosphoric ester groups is 1. The molecular weight excluding hydrogens is 395 g/mol. The Kier molecular flexibility index (Phi) is 18.8. The van der Waals surface area contributed by atoms with Crippen LogP contribution in [0.1, 0.15) is 96.8 Å². The van der Waals surface area contributed by atoms with Crippen LogP contribution in [0.5, 0.6) is 0 Å². The number of unbranched alkanes of at least 4 members (excludes halogenated alkanes) is 11. The fraction of sp³-hybridized carbons (Fsp3) is 0.857. The second-order valence-corrected chi connectivity index (χ2v) is 8.65. The summed E-state index contributed by atoms with van der Waals surface area (Å²) in [7, 11) is -4.64. The molecule has 1 atom stereocenters. The molecule has 0 heterocycles. The van der Waals surface area contributed by atoms with Crippen LogP contribution in [0.2, 0.25) is 0 Å². The number of ether oxygens (including phenoxy) is 1. The molecule has 0 radical (unpaired) electrons. The number of hydrogen-bond acceptors (Lipinski definition) is 5. The summed E-state index contributed by atoms with van der Waals surface area (Å²) in [5.41, 5.74) is 0. The van der Waals surface area contributed by atoms with Crippen molar-refractivity contribution in [3.05, 3.63) is 12.2 Å². The second kappa shape index (κ2) is 19.3. The third-order valence-electron chi connectivity index (χ3n) is 4.57. The standard InChI is InChI=1S/C21H41O7P/c1-2-3-4-5-6-7-8-9-10-11-12-13-14-15-16-17-21(23)28-20(18-22)19-27-29(24,25)26/h9-10,20,22H,2-8,11-19H2,1H3,(H2,24,25,26)/t20-/m1/s1. The van der Waals surface area contributed by atoms with E-state index in [1.54, 1.807) is 0 Å². The van der Waals surface area contributed by atoms with Crippen molar-refractivity contribution < 1.29 is 33.5 Å². The molecule has 0 rings (SSSR count). The number of carbonyl (C=O) groups is 1. The Morgan fingerprint density at radius 3 is 1.93 bits per heavy atom. The summed E-state index contributed by atoms with van der Waals surface area (Å²) in [6, 6.07) is 0. The molecule has 0 aromatic rings. The lowest BCUT2D eigenvalue weighted by Gasteiger charge is -2.15. The van der Waals surface area contributed by atoms with Crippen molar-refractivity contribution in [1.29, 1.82) is 0 Å². The maximum absolute atomic E-state index is 11.7. The van der Waals surface area contributed by atoms with Gasteiger partial charge in [0.1, 0.15) is 6.10 Å². The summed E-state index contributed by atoms with van der Waals surface area (Å²) in [6.07, 6.45) is 19.0. The average Bonchev–Trinajstić information content (AvgIpc) is 2.67. The maximum atomic E-state index is 11.7. The number of rotatable bonds is 20. The predicted molar refractivity (Wildman–Crippen MR) is 114 cm³/mol. The Hall–Kier alpha value is -0.720. The number of allylic oxidation sites excluding steroid dienone is 2. The zero-order valence-electron chi connectivity index (χ0n) is 18.0. The third kappa shape index (κ3) is 21.8. The smallest absolute Gasteiger partial charge is 0.457 e. The quantitative estimate of drug-likeness (QED) is 0.106. The van der Waals surface area contributed by atoms with Crippen molar-refractivity contribution in [3.8, 4) is 0 Å². The van der Waals surface area contributed by atoms with Crippen LogP contribution in [-0.4, -0.2) is 40.2 Å². The minimum atomic E-state index is -4.64. The summed E-state index contributed by atoms with van der Waals surface area (Å²) < 4.78 is 19.8. The van der Waals surface area contributed by atoms with Crippen molar-refractivity contribution in [2.45, 2.75) is 103 Å². The first-order valence-electron chi connectivity index (χ1n) is 11.0. The molecule has 0 fully saturated rings. The molecule has 0 amide bonds. The molecule has 8 heteroatoms. The molecule has 0 aliphatic carbocycles. The average molecular weight is 437 g/mol. The molecule has 3 N–H and O–H groups in total. The first-order valence-corrected chi connectivity index (χ1v) is 12.6. The highest BCUT2D eigenvalue weighted by Gasteiger charge is 2.20. The van der Waals surface area contributed by atoms with Crippen LogP contribution in [0.25, 0.3) is 0 Å². The van der Waals surface area contributed by atoms with Gasteiger partial charge in [-0.25, -0.2) is 4.57 Å². The van der Waals surface area contributed by atoms with Gasteiger partial charge in [0, 0.05) is 6.42 Å². The summed E-state index contributed by atoms with van der Waals surface area (Å²) in [5, 5.41) is 9.06. The van der Waals surface area contributed by atoms with Crippen LogP contribution < -0.4 is 0 Å². The largest absolute Gasteiger partial charge is 0.469 e. The Morgan fingerprint density at radius 2 is 1.41 bits per heavy atom. The van der Waals surface area contributed by atoms with Crippen molar-refractivity contribution in [2.75, 3.05) is 13.2 Å². The lowest BCUT2D eigenvalue weighted by atomic mass is 10.1. The Balaban J connectivity index is 3.49. The van der Waals surface area contributed by atoms with Crippen molar-refractivity contribution in [1.82, 2.24) is 0 Å². The molecule has 7 nitrogen and oxygen atoms in total.